The van der Waals surface area contributed by atoms with Crippen molar-refractivity contribution in [3.8, 4) is 0 Å². The summed E-state index contributed by atoms with van der Waals surface area (Å²) in [5.74, 6) is 0. The summed E-state index contributed by atoms with van der Waals surface area (Å²) >= 11 is 0. The quantitative estimate of drug-likeness (QED) is 0.423. The van der Waals surface area contributed by atoms with Crippen LogP contribution in [0.5, 0.6) is 0 Å². The van der Waals surface area contributed by atoms with E-state index in [1.807, 2.05) is 13.8 Å². The lowest BCUT2D eigenvalue weighted by molar-refractivity contribution is 0.277. The summed E-state index contributed by atoms with van der Waals surface area (Å²) < 4.78 is 10.4. The molecule has 0 aromatic heterocycles. The van der Waals surface area contributed by atoms with Gasteiger partial charge >= 0.3 is 0 Å². The van der Waals surface area contributed by atoms with E-state index >= 15 is 0 Å². The summed E-state index contributed by atoms with van der Waals surface area (Å²) in [6, 6.07) is 0. The summed E-state index contributed by atoms with van der Waals surface area (Å²) in [5.41, 5.74) is 0. The summed E-state index contributed by atoms with van der Waals surface area (Å²) in [4.78, 5) is 0. The molecule has 0 amide bonds. The average molecular weight is 77.1 g/mol. The maximum absolute atomic E-state index is 6.23. The topological polar surface area (TPSA) is 9.23 Å². The molecule has 0 bridgehead atoms. The molecule has 1 heteroatoms. The van der Waals surface area contributed by atoms with Crippen molar-refractivity contribution in [3.05, 3.63) is 0 Å². The summed E-state index contributed by atoms with van der Waals surface area (Å²) in [5, 5.41) is 0. The van der Waals surface area contributed by atoms with Gasteiger partial charge in [0.15, 0.2) is 0 Å². The monoisotopic (exact) mass is 77.1 g/mol. The van der Waals surface area contributed by atoms with Crippen LogP contribution in [0.2, 0.25) is 0 Å². The Morgan fingerprint density at radius 3 is 1.80 bits per heavy atom. The van der Waals surface area contributed by atoms with E-state index in [1.165, 1.54) is 7.11 Å². The number of hydrogen-bond donors (Lipinski definition) is 0. The van der Waals surface area contributed by atoms with E-state index in [0.717, 1.165) is 0 Å². The summed E-state index contributed by atoms with van der Waals surface area (Å²) in [7, 11) is 1.56. The van der Waals surface area contributed by atoms with Crippen molar-refractivity contribution < 1.29 is 6.11 Å². The van der Waals surface area contributed by atoms with Gasteiger partial charge in [-0.05, 0) is 0 Å². The fourth-order valence-electron chi connectivity index (χ4n) is 0. The first-order chi connectivity index (χ1) is 2.91. The second-order valence-corrected chi connectivity index (χ2v) is 0.289. The number of methoxy groups -OCH3 is 1. The molecule has 0 fully saturated rings. The molecule has 34 valence electrons. The largest absolute Gasteiger partial charge is 0.388 e. The van der Waals surface area contributed by atoms with Gasteiger partial charge in [0.05, 0.1) is 1.37 Å². The van der Waals surface area contributed by atoms with Crippen LogP contribution in [-0.4, -0.2) is 14.2 Å². The van der Waals surface area contributed by atoms with Crippen molar-refractivity contribution in [2.24, 2.45) is 0 Å². The third-order valence-electron chi connectivity index (χ3n) is 0. The standard InChI is InChI=1S/C2H6O.C2H6/c1-3-2;1-2/h1-2H3;1-2H3/i1D;. The smallest absolute Gasteiger partial charge is 0.0530 e. The van der Waals surface area contributed by atoms with Crippen LogP contribution in [0.1, 0.15) is 15.2 Å². The van der Waals surface area contributed by atoms with Gasteiger partial charge in [0, 0.05) is 14.2 Å². The molecule has 0 N–H and O–H groups in total. The van der Waals surface area contributed by atoms with Crippen molar-refractivity contribution in [3.63, 3.8) is 0 Å². The van der Waals surface area contributed by atoms with Crippen LogP contribution in [0, 0.1) is 0 Å². The first-order valence-electron chi connectivity index (χ1n) is 2.40. The van der Waals surface area contributed by atoms with Crippen LogP contribution in [0.3, 0.4) is 0 Å². The molecule has 0 aliphatic carbocycles. The molecule has 0 rings (SSSR count). The van der Waals surface area contributed by atoms with Crippen LogP contribution in [-0.2, 0) is 4.74 Å². The average Bonchev–Trinajstić information content (AvgIpc) is 1.72. The van der Waals surface area contributed by atoms with Gasteiger partial charge in [-0.25, -0.2) is 0 Å². The molecule has 0 aliphatic rings. The first kappa shape index (κ1) is 4.96. The molecule has 0 unspecified atom stereocenters. The van der Waals surface area contributed by atoms with E-state index in [4.69, 9.17) is 1.37 Å². The number of ether oxygens (including phenoxy) is 1. The van der Waals surface area contributed by atoms with Gasteiger partial charge < -0.3 is 4.74 Å². The van der Waals surface area contributed by atoms with E-state index in [9.17, 15) is 0 Å². The lowest BCUT2D eigenvalue weighted by Crippen LogP contribution is -1.55. The van der Waals surface area contributed by atoms with Crippen molar-refractivity contribution in [2.75, 3.05) is 14.2 Å². The Morgan fingerprint density at radius 2 is 1.80 bits per heavy atom. The highest BCUT2D eigenvalue weighted by molar-refractivity contribution is 3.56. The number of hydrogen-bond acceptors (Lipinski definition) is 1. The zero-order valence-electron chi connectivity index (χ0n) is 5.12. The number of rotatable bonds is 0. The van der Waals surface area contributed by atoms with E-state index in [0.29, 0.717) is 0 Å². The Hall–Kier alpha value is -0.0400. The fourth-order valence-corrected chi connectivity index (χ4v) is 0. The Labute approximate surface area is 35.4 Å². The molecule has 0 atom stereocenters. The molecular weight excluding hydrogens is 64.0 g/mol. The van der Waals surface area contributed by atoms with Crippen LogP contribution in [0.25, 0.3) is 0 Å². The van der Waals surface area contributed by atoms with Crippen molar-refractivity contribution in [1.82, 2.24) is 0 Å². The van der Waals surface area contributed by atoms with E-state index < -0.39 is 0 Å². The van der Waals surface area contributed by atoms with Crippen molar-refractivity contribution in [2.45, 2.75) is 13.8 Å². The van der Waals surface area contributed by atoms with Gasteiger partial charge in [-0.2, -0.15) is 0 Å². The second-order valence-electron chi connectivity index (χ2n) is 0.289. The zero-order chi connectivity index (χ0) is 5.41. The lowest BCUT2D eigenvalue weighted by atomic mass is 11.0. The molecule has 0 heterocycles. The van der Waals surface area contributed by atoms with Gasteiger partial charge in [0.2, 0.25) is 0 Å². The molecular formula is C4H12O. The molecule has 0 aromatic carbocycles. The molecule has 0 aliphatic heterocycles. The highest BCUT2D eigenvalue weighted by atomic mass is 16.4. The zero-order valence-corrected chi connectivity index (χ0v) is 4.12. The van der Waals surface area contributed by atoms with Gasteiger partial charge in [0.25, 0.3) is 0 Å². The van der Waals surface area contributed by atoms with Gasteiger partial charge in [-0.3, -0.25) is 0 Å². The minimum Gasteiger partial charge on any atom is -0.388 e. The maximum atomic E-state index is 6.23. The highest BCUT2D eigenvalue weighted by Crippen LogP contribution is 1.28. The Morgan fingerprint density at radius 1 is 1.60 bits per heavy atom. The van der Waals surface area contributed by atoms with Crippen LogP contribution < -0.4 is 0 Å². The molecule has 0 saturated heterocycles. The lowest BCUT2D eigenvalue weighted by Gasteiger charge is -1.61. The van der Waals surface area contributed by atoms with Crippen LogP contribution in [0.15, 0.2) is 0 Å². The molecule has 5 heavy (non-hydrogen) atoms. The van der Waals surface area contributed by atoms with Crippen LogP contribution in [0.4, 0.5) is 0 Å². The second kappa shape index (κ2) is 37.6. The third kappa shape index (κ3) is 9510. The van der Waals surface area contributed by atoms with Gasteiger partial charge in [-0.1, -0.05) is 13.8 Å². The van der Waals surface area contributed by atoms with E-state index in [1.54, 1.807) is 0 Å². The summed E-state index contributed by atoms with van der Waals surface area (Å²) in [6.45, 7) is 4.00. The Bertz CT molecular complexity index is 9.51. The first-order valence-corrected chi connectivity index (χ1v) is 1.70. The van der Waals surface area contributed by atoms with Crippen molar-refractivity contribution in [1.29, 1.82) is 0 Å². The van der Waals surface area contributed by atoms with E-state index in [2.05, 4.69) is 4.74 Å². The molecule has 0 saturated carbocycles. The molecule has 1 nitrogen and oxygen atoms in total. The molecule has 0 aromatic rings. The minimum absolute atomic E-state index is 0.0694. The predicted molar refractivity (Wildman–Crippen MR) is 24.3 cm³/mol. The normalized spacial score (nSPS) is 7.40. The predicted octanol–water partition coefficient (Wildman–Crippen LogP) is 1.29. The Kier molecular flexibility index (Phi) is 37.3. The van der Waals surface area contributed by atoms with Gasteiger partial charge in [-0.15, -0.1) is 0 Å². The Balaban J connectivity index is 0. The maximum Gasteiger partial charge on any atom is 0.0530 e. The highest BCUT2D eigenvalue weighted by Gasteiger charge is 1.25. The van der Waals surface area contributed by atoms with Gasteiger partial charge in [0.1, 0.15) is 0 Å². The third-order valence-corrected chi connectivity index (χ3v) is 0. The SMILES string of the molecule is CC.[2H]COC. The molecule has 0 radical (unpaired) electrons. The van der Waals surface area contributed by atoms with E-state index in [-0.39, 0.29) is 7.09 Å². The van der Waals surface area contributed by atoms with Crippen LogP contribution >= 0.6 is 0 Å². The molecule has 0 spiro atoms. The van der Waals surface area contributed by atoms with Crippen molar-refractivity contribution >= 4 is 0 Å². The summed E-state index contributed by atoms with van der Waals surface area (Å²) in [6.07, 6.45) is 0. The fraction of sp³-hybridized carbons (Fsp3) is 1.00. The minimum atomic E-state index is 0.0694.